The second kappa shape index (κ2) is 4.84. The van der Waals surface area contributed by atoms with Gasteiger partial charge in [-0.3, -0.25) is 0 Å². The summed E-state index contributed by atoms with van der Waals surface area (Å²) in [6, 6.07) is 4.72. The van der Waals surface area contributed by atoms with Crippen LogP contribution in [0.1, 0.15) is 0 Å². The Morgan fingerprint density at radius 2 is 2.41 bits per heavy atom. The van der Waals surface area contributed by atoms with Crippen molar-refractivity contribution in [1.29, 1.82) is 0 Å². The van der Waals surface area contributed by atoms with Gasteiger partial charge >= 0.3 is 0 Å². The van der Waals surface area contributed by atoms with E-state index in [1.807, 2.05) is 12.5 Å². The van der Waals surface area contributed by atoms with Crippen LogP contribution in [0.3, 0.4) is 0 Å². The zero-order valence-electron chi connectivity index (χ0n) is 9.93. The number of morpholine rings is 1. The first-order valence-corrected chi connectivity index (χ1v) is 7.20. The average molecular weight is 251 g/mol. The van der Waals surface area contributed by atoms with Gasteiger partial charge in [0.25, 0.3) is 0 Å². The third-order valence-electron chi connectivity index (χ3n) is 3.45. The van der Waals surface area contributed by atoms with Crippen LogP contribution in [0.5, 0.6) is 0 Å². The maximum absolute atomic E-state index is 5.77. The number of nitrogens with zero attached hydrogens (tertiary/aromatic N) is 2. The van der Waals surface area contributed by atoms with Gasteiger partial charge in [0.1, 0.15) is 0 Å². The predicted octanol–water partition coefficient (Wildman–Crippen LogP) is 0.981. The van der Waals surface area contributed by atoms with Gasteiger partial charge in [0, 0.05) is 19.6 Å². The molecule has 1 N–H and O–H groups in total. The minimum absolute atomic E-state index is 0.337. The van der Waals surface area contributed by atoms with E-state index in [1.54, 1.807) is 11.8 Å². The summed E-state index contributed by atoms with van der Waals surface area (Å²) in [6.07, 6.45) is 4.36. The molecule has 3 heterocycles. The summed E-state index contributed by atoms with van der Waals surface area (Å²) in [6.45, 7) is 3.75. The number of fused-ring (bicyclic) bond motifs is 1. The zero-order valence-corrected chi connectivity index (χ0v) is 10.7. The molecule has 3 rings (SSSR count). The first-order valence-electron chi connectivity index (χ1n) is 5.97. The quantitative estimate of drug-likeness (QED) is 0.793. The van der Waals surface area contributed by atoms with Crippen molar-refractivity contribution >= 4 is 17.4 Å². The SMILES string of the molecule is CSc1ccc(N2CCO[C@H]3CNC[C@@H]32)cn1. The maximum atomic E-state index is 5.77. The molecule has 4 nitrogen and oxygen atoms in total. The van der Waals surface area contributed by atoms with Crippen molar-refractivity contribution in [2.75, 3.05) is 37.4 Å². The smallest absolute Gasteiger partial charge is 0.0958 e. The van der Waals surface area contributed by atoms with Gasteiger partial charge in [-0.25, -0.2) is 4.98 Å². The molecule has 17 heavy (non-hydrogen) atoms. The minimum atomic E-state index is 0.337. The molecule has 2 aliphatic rings. The molecular formula is C12H17N3OS. The largest absolute Gasteiger partial charge is 0.373 e. The number of anilines is 1. The number of hydrogen-bond donors (Lipinski definition) is 1. The van der Waals surface area contributed by atoms with Gasteiger partial charge in [-0.2, -0.15) is 0 Å². The Bertz CT molecular complexity index is 384. The van der Waals surface area contributed by atoms with E-state index >= 15 is 0 Å². The Kier molecular flexibility index (Phi) is 3.22. The van der Waals surface area contributed by atoms with Crippen molar-refractivity contribution in [3.63, 3.8) is 0 Å². The van der Waals surface area contributed by atoms with E-state index in [4.69, 9.17) is 4.74 Å². The third kappa shape index (κ3) is 2.14. The lowest BCUT2D eigenvalue weighted by molar-refractivity contribution is 0.0349. The summed E-state index contributed by atoms with van der Waals surface area (Å²) in [5.74, 6) is 0. The summed E-state index contributed by atoms with van der Waals surface area (Å²) in [7, 11) is 0. The molecule has 92 valence electrons. The molecule has 0 bridgehead atoms. The van der Waals surface area contributed by atoms with Crippen LogP contribution in [0.15, 0.2) is 23.4 Å². The molecule has 2 saturated heterocycles. The molecule has 0 aliphatic carbocycles. The monoisotopic (exact) mass is 251 g/mol. The number of nitrogens with one attached hydrogen (secondary N) is 1. The van der Waals surface area contributed by atoms with E-state index in [1.165, 1.54) is 5.69 Å². The Morgan fingerprint density at radius 1 is 1.47 bits per heavy atom. The fraction of sp³-hybridized carbons (Fsp3) is 0.583. The Morgan fingerprint density at radius 3 is 3.18 bits per heavy atom. The molecule has 5 heteroatoms. The number of hydrogen-bond acceptors (Lipinski definition) is 5. The number of aromatic nitrogens is 1. The standard InChI is InChI=1S/C12H17N3OS/c1-17-12-3-2-9(6-14-12)15-4-5-16-11-8-13-7-10(11)15/h2-3,6,10-11,13H,4-5,7-8H2,1H3/t10-,11-/m0/s1. The van der Waals surface area contributed by atoms with Crippen LogP contribution in [-0.4, -0.2) is 49.6 Å². The second-order valence-electron chi connectivity index (χ2n) is 4.39. The van der Waals surface area contributed by atoms with Crippen LogP contribution in [0.4, 0.5) is 5.69 Å². The summed E-state index contributed by atoms with van der Waals surface area (Å²) >= 11 is 1.68. The van der Waals surface area contributed by atoms with Gasteiger partial charge < -0.3 is 15.0 Å². The van der Waals surface area contributed by atoms with Crippen molar-refractivity contribution in [3.8, 4) is 0 Å². The van der Waals surface area contributed by atoms with Crippen LogP contribution >= 0.6 is 11.8 Å². The lowest BCUT2D eigenvalue weighted by atomic mass is 10.1. The molecule has 0 unspecified atom stereocenters. The van der Waals surface area contributed by atoms with Crippen LogP contribution in [0.25, 0.3) is 0 Å². The molecule has 1 aromatic rings. The number of rotatable bonds is 2. The van der Waals surface area contributed by atoms with Crippen LogP contribution in [-0.2, 0) is 4.74 Å². The predicted molar refractivity (Wildman–Crippen MR) is 69.8 cm³/mol. The summed E-state index contributed by atoms with van der Waals surface area (Å²) in [4.78, 5) is 6.87. The van der Waals surface area contributed by atoms with Crippen LogP contribution in [0, 0.1) is 0 Å². The molecule has 0 saturated carbocycles. The highest BCUT2D eigenvalue weighted by Gasteiger charge is 2.36. The van der Waals surface area contributed by atoms with E-state index in [9.17, 15) is 0 Å². The first-order chi connectivity index (χ1) is 8.38. The van der Waals surface area contributed by atoms with Crippen molar-refractivity contribution < 1.29 is 4.74 Å². The normalized spacial score (nSPS) is 28.2. The van der Waals surface area contributed by atoms with Crippen molar-refractivity contribution in [1.82, 2.24) is 10.3 Å². The lowest BCUT2D eigenvalue weighted by Crippen LogP contribution is -2.51. The van der Waals surface area contributed by atoms with E-state index in [0.29, 0.717) is 12.1 Å². The van der Waals surface area contributed by atoms with Gasteiger partial charge in [-0.1, -0.05) is 0 Å². The van der Waals surface area contributed by atoms with Crippen LogP contribution < -0.4 is 10.2 Å². The molecule has 2 atom stereocenters. The molecule has 0 aromatic carbocycles. The average Bonchev–Trinajstić information content (AvgIpc) is 2.87. The highest BCUT2D eigenvalue weighted by molar-refractivity contribution is 7.98. The van der Waals surface area contributed by atoms with Crippen LogP contribution in [0.2, 0.25) is 0 Å². The molecular weight excluding hydrogens is 234 g/mol. The van der Waals surface area contributed by atoms with Gasteiger partial charge in [0.2, 0.25) is 0 Å². The Balaban J connectivity index is 1.81. The number of ether oxygens (including phenoxy) is 1. The lowest BCUT2D eigenvalue weighted by Gasteiger charge is -2.38. The maximum Gasteiger partial charge on any atom is 0.0958 e. The van der Waals surface area contributed by atoms with Gasteiger partial charge in [-0.05, 0) is 18.4 Å². The fourth-order valence-corrected chi connectivity index (χ4v) is 2.94. The molecule has 0 spiro atoms. The molecule has 0 amide bonds. The molecule has 2 fully saturated rings. The van der Waals surface area contributed by atoms with E-state index in [2.05, 4.69) is 27.3 Å². The first kappa shape index (κ1) is 11.3. The van der Waals surface area contributed by atoms with Crippen molar-refractivity contribution in [3.05, 3.63) is 18.3 Å². The summed E-state index contributed by atoms with van der Waals surface area (Å²) < 4.78 is 5.77. The Hall–Kier alpha value is -0.780. The highest BCUT2D eigenvalue weighted by Crippen LogP contribution is 2.25. The molecule has 1 aromatic heterocycles. The fourth-order valence-electron chi connectivity index (χ4n) is 2.57. The third-order valence-corrected chi connectivity index (χ3v) is 4.11. The summed E-state index contributed by atoms with van der Waals surface area (Å²) in [5, 5.41) is 4.47. The topological polar surface area (TPSA) is 37.4 Å². The highest BCUT2D eigenvalue weighted by atomic mass is 32.2. The zero-order chi connectivity index (χ0) is 11.7. The van der Waals surface area contributed by atoms with Gasteiger partial charge in [0.05, 0.1) is 35.7 Å². The van der Waals surface area contributed by atoms with Gasteiger partial charge in [-0.15, -0.1) is 11.8 Å². The molecule has 0 radical (unpaired) electrons. The summed E-state index contributed by atoms with van der Waals surface area (Å²) in [5.41, 5.74) is 1.21. The molecule has 2 aliphatic heterocycles. The van der Waals surface area contributed by atoms with E-state index < -0.39 is 0 Å². The Labute approximate surface area is 106 Å². The number of pyridine rings is 1. The van der Waals surface area contributed by atoms with Crippen molar-refractivity contribution in [2.45, 2.75) is 17.2 Å². The van der Waals surface area contributed by atoms with E-state index in [-0.39, 0.29) is 0 Å². The van der Waals surface area contributed by atoms with Gasteiger partial charge in [0.15, 0.2) is 0 Å². The van der Waals surface area contributed by atoms with Crippen molar-refractivity contribution in [2.24, 2.45) is 0 Å². The second-order valence-corrected chi connectivity index (χ2v) is 5.21. The minimum Gasteiger partial charge on any atom is -0.373 e. The van der Waals surface area contributed by atoms with E-state index in [0.717, 1.165) is 31.3 Å². The number of thioether (sulfide) groups is 1.